The molecule has 1 heterocycles. The molecule has 3 nitrogen and oxygen atoms in total. The summed E-state index contributed by atoms with van der Waals surface area (Å²) in [4.78, 5) is 7.65. The molecule has 0 amide bonds. The van der Waals surface area contributed by atoms with Gasteiger partial charge in [-0.1, -0.05) is 29.8 Å². The molecule has 0 saturated carbocycles. The number of halogens is 5. The lowest BCUT2D eigenvalue weighted by atomic mass is 10.0. The molecule has 0 aliphatic carbocycles. The number of benzene rings is 1. The third kappa shape index (κ3) is 2.82. The second kappa shape index (κ2) is 4.97. The van der Waals surface area contributed by atoms with Crippen LogP contribution in [0.15, 0.2) is 28.9 Å². The smallest absolute Gasteiger partial charge is 0.381 e. The molecular formula is C11H6BrClF3N3. The average Bonchev–Trinajstić information content (AvgIpc) is 2.33. The van der Waals surface area contributed by atoms with E-state index < -0.39 is 11.7 Å². The molecule has 0 aliphatic heterocycles. The maximum Gasteiger partial charge on any atom is 0.417 e. The van der Waals surface area contributed by atoms with E-state index in [1.165, 1.54) is 18.2 Å². The Kier molecular flexibility index (Phi) is 3.69. The fourth-order valence-corrected chi connectivity index (χ4v) is 2.02. The van der Waals surface area contributed by atoms with Gasteiger partial charge in [0.25, 0.3) is 0 Å². The highest BCUT2D eigenvalue weighted by Crippen LogP contribution is 2.38. The molecule has 2 aromatic rings. The average molecular weight is 353 g/mol. The number of rotatable bonds is 1. The number of hydrogen-bond acceptors (Lipinski definition) is 3. The maximum absolute atomic E-state index is 12.9. The molecule has 2 rings (SSSR count). The van der Waals surface area contributed by atoms with Crippen molar-refractivity contribution in [2.24, 2.45) is 0 Å². The summed E-state index contributed by atoms with van der Waals surface area (Å²) >= 11 is 8.83. The summed E-state index contributed by atoms with van der Waals surface area (Å²) in [6, 6.07) is 4.99. The largest absolute Gasteiger partial charge is 0.417 e. The van der Waals surface area contributed by atoms with Crippen LogP contribution in [-0.4, -0.2) is 9.97 Å². The van der Waals surface area contributed by atoms with Gasteiger partial charge >= 0.3 is 6.18 Å². The lowest BCUT2D eigenvalue weighted by Crippen LogP contribution is -2.08. The van der Waals surface area contributed by atoms with Crippen LogP contribution in [-0.2, 0) is 6.18 Å². The van der Waals surface area contributed by atoms with Crippen molar-refractivity contribution in [2.45, 2.75) is 6.18 Å². The van der Waals surface area contributed by atoms with Gasteiger partial charge in [0.05, 0.1) is 5.56 Å². The Morgan fingerprint density at radius 1 is 1.16 bits per heavy atom. The minimum atomic E-state index is -4.50. The predicted molar refractivity (Wildman–Crippen MR) is 69.6 cm³/mol. The molecule has 2 N–H and O–H groups in total. The van der Waals surface area contributed by atoms with E-state index in [-0.39, 0.29) is 26.8 Å². The van der Waals surface area contributed by atoms with E-state index in [4.69, 9.17) is 17.3 Å². The molecule has 0 bridgehead atoms. The van der Waals surface area contributed by atoms with Crippen molar-refractivity contribution in [3.05, 3.63) is 39.6 Å². The van der Waals surface area contributed by atoms with Gasteiger partial charge in [-0.2, -0.15) is 13.2 Å². The van der Waals surface area contributed by atoms with Crippen LogP contribution < -0.4 is 5.73 Å². The van der Waals surface area contributed by atoms with E-state index in [9.17, 15) is 13.2 Å². The fourth-order valence-electron chi connectivity index (χ4n) is 1.51. The first-order valence-corrected chi connectivity index (χ1v) is 6.13. The Balaban J connectivity index is 2.70. The Hall–Kier alpha value is -1.34. The van der Waals surface area contributed by atoms with Gasteiger partial charge in [0.15, 0.2) is 11.0 Å². The molecular weight excluding hydrogens is 346 g/mol. The standard InChI is InChI=1S/C11H6BrClF3N3/c12-8-10(17)19-9(13)7(18-8)5-3-1-2-4-6(5)11(14,15)16/h1-4H,(H2,17,19). The van der Waals surface area contributed by atoms with E-state index in [1.807, 2.05) is 0 Å². The van der Waals surface area contributed by atoms with Crippen LogP contribution in [0.4, 0.5) is 19.0 Å². The second-order valence-corrected chi connectivity index (χ2v) is 4.69. The molecule has 0 spiro atoms. The van der Waals surface area contributed by atoms with Crippen molar-refractivity contribution in [2.75, 3.05) is 5.73 Å². The van der Waals surface area contributed by atoms with Crippen molar-refractivity contribution >= 4 is 33.3 Å². The molecule has 1 aromatic carbocycles. The molecule has 8 heteroatoms. The van der Waals surface area contributed by atoms with Crippen LogP contribution in [0.1, 0.15) is 5.56 Å². The quantitative estimate of drug-likeness (QED) is 0.838. The van der Waals surface area contributed by atoms with E-state index in [2.05, 4.69) is 25.9 Å². The topological polar surface area (TPSA) is 51.8 Å². The third-order valence-corrected chi connectivity index (χ3v) is 3.17. The van der Waals surface area contributed by atoms with Crippen LogP contribution in [0.2, 0.25) is 5.15 Å². The minimum Gasteiger partial charge on any atom is -0.381 e. The first kappa shape index (κ1) is 14.1. The van der Waals surface area contributed by atoms with E-state index in [0.717, 1.165) is 6.07 Å². The number of aromatic nitrogens is 2. The lowest BCUT2D eigenvalue weighted by Gasteiger charge is -2.13. The van der Waals surface area contributed by atoms with E-state index in [1.54, 1.807) is 0 Å². The zero-order chi connectivity index (χ0) is 14.2. The van der Waals surface area contributed by atoms with Gasteiger partial charge in [-0.05, 0) is 22.0 Å². The second-order valence-electron chi connectivity index (χ2n) is 3.58. The van der Waals surface area contributed by atoms with Crippen LogP contribution in [0, 0.1) is 0 Å². The summed E-state index contributed by atoms with van der Waals surface area (Å²) in [6.07, 6.45) is -4.50. The van der Waals surface area contributed by atoms with Crippen molar-refractivity contribution in [3.8, 4) is 11.3 Å². The number of nitrogen functional groups attached to an aromatic ring is 1. The first-order valence-electron chi connectivity index (χ1n) is 4.96. The van der Waals surface area contributed by atoms with Crippen LogP contribution in [0.3, 0.4) is 0 Å². The molecule has 0 unspecified atom stereocenters. The zero-order valence-electron chi connectivity index (χ0n) is 9.17. The Bertz CT molecular complexity index is 631. The van der Waals surface area contributed by atoms with Crippen molar-refractivity contribution in [1.29, 1.82) is 0 Å². The maximum atomic E-state index is 12.9. The number of hydrogen-bond donors (Lipinski definition) is 1. The predicted octanol–water partition coefficient (Wildman–Crippen LogP) is 4.16. The Morgan fingerprint density at radius 3 is 2.42 bits per heavy atom. The summed E-state index contributed by atoms with van der Waals surface area (Å²) in [5, 5.41) is -0.183. The van der Waals surface area contributed by atoms with Gasteiger partial charge < -0.3 is 5.73 Å². The van der Waals surface area contributed by atoms with Crippen LogP contribution in [0.25, 0.3) is 11.3 Å². The number of anilines is 1. The van der Waals surface area contributed by atoms with Gasteiger partial charge in [-0.3, -0.25) is 0 Å². The highest BCUT2D eigenvalue weighted by molar-refractivity contribution is 9.10. The van der Waals surface area contributed by atoms with Gasteiger partial charge in [0, 0.05) is 5.56 Å². The normalized spacial score (nSPS) is 11.6. The Labute approximate surface area is 119 Å². The SMILES string of the molecule is Nc1nc(Cl)c(-c2ccccc2C(F)(F)F)nc1Br. The van der Waals surface area contributed by atoms with Gasteiger partial charge in [0.1, 0.15) is 10.3 Å². The lowest BCUT2D eigenvalue weighted by molar-refractivity contribution is -0.137. The molecule has 0 saturated heterocycles. The van der Waals surface area contributed by atoms with Gasteiger partial charge in [-0.25, -0.2) is 9.97 Å². The monoisotopic (exact) mass is 351 g/mol. The summed E-state index contributed by atoms with van der Waals surface area (Å²) < 4.78 is 38.9. The van der Waals surface area contributed by atoms with Crippen LogP contribution in [0.5, 0.6) is 0 Å². The highest BCUT2D eigenvalue weighted by atomic mass is 79.9. The number of nitrogens with two attached hydrogens (primary N) is 1. The third-order valence-electron chi connectivity index (χ3n) is 2.32. The van der Waals surface area contributed by atoms with Crippen molar-refractivity contribution < 1.29 is 13.2 Å². The van der Waals surface area contributed by atoms with Crippen LogP contribution >= 0.6 is 27.5 Å². The number of nitrogens with zero attached hydrogens (tertiary/aromatic N) is 2. The Morgan fingerprint density at radius 2 is 1.79 bits per heavy atom. The first-order chi connectivity index (χ1) is 8.80. The molecule has 100 valence electrons. The summed E-state index contributed by atoms with van der Waals surface area (Å²) in [7, 11) is 0. The number of alkyl halides is 3. The van der Waals surface area contributed by atoms with E-state index >= 15 is 0 Å². The summed E-state index contributed by atoms with van der Waals surface area (Å²) in [5.41, 5.74) is 4.41. The fraction of sp³-hybridized carbons (Fsp3) is 0.0909. The van der Waals surface area contributed by atoms with Crippen molar-refractivity contribution in [3.63, 3.8) is 0 Å². The van der Waals surface area contributed by atoms with Crippen molar-refractivity contribution in [1.82, 2.24) is 9.97 Å². The van der Waals surface area contributed by atoms with Gasteiger partial charge in [0.2, 0.25) is 0 Å². The highest BCUT2D eigenvalue weighted by Gasteiger charge is 2.34. The zero-order valence-corrected chi connectivity index (χ0v) is 11.5. The molecule has 19 heavy (non-hydrogen) atoms. The molecule has 0 fully saturated rings. The molecule has 0 radical (unpaired) electrons. The molecule has 1 aromatic heterocycles. The van der Waals surface area contributed by atoms with E-state index in [0.29, 0.717) is 0 Å². The molecule has 0 atom stereocenters. The summed E-state index contributed by atoms with van der Waals surface area (Å²) in [5.74, 6) is 0.0123. The minimum absolute atomic E-state index is 0.0123. The molecule has 0 aliphatic rings. The summed E-state index contributed by atoms with van der Waals surface area (Å²) in [6.45, 7) is 0. The van der Waals surface area contributed by atoms with Gasteiger partial charge in [-0.15, -0.1) is 0 Å².